The van der Waals surface area contributed by atoms with E-state index in [-0.39, 0.29) is 11.7 Å². The summed E-state index contributed by atoms with van der Waals surface area (Å²) in [6.45, 7) is 0. The zero-order valence-corrected chi connectivity index (χ0v) is 17.9. The van der Waals surface area contributed by atoms with Crippen LogP contribution in [0.15, 0.2) is 84.3 Å². The van der Waals surface area contributed by atoms with Gasteiger partial charge in [-0.05, 0) is 40.5 Å². The van der Waals surface area contributed by atoms with E-state index in [1.165, 1.54) is 5.56 Å². The lowest BCUT2D eigenvalue weighted by Crippen LogP contribution is -2.40. The Morgan fingerprint density at radius 3 is 2.21 bits per heavy atom. The number of thioether (sulfide) groups is 2. The second kappa shape index (κ2) is 9.17. The fourth-order valence-electron chi connectivity index (χ4n) is 3.47. The maximum atomic E-state index is 13.7. The summed E-state index contributed by atoms with van der Waals surface area (Å²) in [6.07, 6.45) is 5.55. The number of Topliss-reactive ketones (excluding diaryl/α,β-unsaturated/α-hetero) is 1. The highest BCUT2D eigenvalue weighted by molar-refractivity contribution is 8.20. The van der Waals surface area contributed by atoms with Crippen molar-refractivity contribution >= 4 is 46.7 Å². The first-order valence-corrected chi connectivity index (χ1v) is 12.3. The lowest BCUT2D eigenvalue weighted by molar-refractivity contribution is 0.0977. The molecule has 0 unspecified atom stereocenters. The van der Waals surface area contributed by atoms with E-state index >= 15 is 0 Å². The number of rotatable bonds is 6. The molecule has 1 aliphatic rings. The third-order valence-corrected chi connectivity index (χ3v) is 9.13. The van der Waals surface area contributed by atoms with Crippen LogP contribution in [0, 0.1) is 0 Å². The average molecular weight is 423 g/mol. The lowest BCUT2D eigenvalue weighted by Gasteiger charge is -2.40. The first kappa shape index (κ1) is 19.6. The average Bonchev–Trinajstić information content (AvgIpc) is 3.30. The second-order valence-electron chi connectivity index (χ2n) is 6.68. The zero-order chi connectivity index (χ0) is 19.2. The number of hydrogen-bond donors (Lipinski definition) is 0. The second-order valence-corrected chi connectivity index (χ2v) is 10.6. The number of ketones is 1. The van der Waals surface area contributed by atoms with E-state index in [0.717, 1.165) is 28.4 Å². The number of hydrogen-bond acceptors (Lipinski definition) is 4. The SMILES string of the molecule is O=C(c1cccs1)C1([C@@H](/C=C/c2ccccc2)c2ccccc2)SCCCS1. The Kier molecular flexibility index (Phi) is 6.40. The largest absolute Gasteiger partial charge is 0.291 e. The van der Waals surface area contributed by atoms with E-state index in [9.17, 15) is 4.79 Å². The number of carbonyl (C=O) groups is 1. The highest BCUT2D eigenvalue weighted by Crippen LogP contribution is 2.54. The van der Waals surface area contributed by atoms with Crippen LogP contribution in [0.5, 0.6) is 0 Å². The summed E-state index contributed by atoms with van der Waals surface area (Å²) in [4.78, 5) is 14.6. The van der Waals surface area contributed by atoms with Crippen molar-refractivity contribution in [1.29, 1.82) is 0 Å². The molecule has 1 aromatic heterocycles. The van der Waals surface area contributed by atoms with E-state index in [2.05, 4.69) is 48.6 Å². The van der Waals surface area contributed by atoms with Gasteiger partial charge in [0, 0.05) is 5.92 Å². The molecule has 4 rings (SSSR count). The molecule has 0 amide bonds. The third-order valence-electron chi connectivity index (χ3n) is 4.83. The van der Waals surface area contributed by atoms with Crippen LogP contribution in [0.1, 0.15) is 33.1 Å². The zero-order valence-electron chi connectivity index (χ0n) is 15.5. The van der Waals surface area contributed by atoms with Gasteiger partial charge >= 0.3 is 0 Å². The van der Waals surface area contributed by atoms with Crippen LogP contribution in [0.3, 0.4) is 0 Å². The predicted molar refractivity (Wildman–Crippen MR) is 126 cm³/mol. The fraction of sp³-hybridized carbons (Fsp3) is 0.208. The van der Waals surface area contributed by atoms with Gasteiger partial charge in [0.1, 0.15) is 4.08 Å². The molecule has 0 aliphatic carbocycles. The molecule has 0 spiro atoms. The van der Waals surface area contributed by atoms with Gasteiger partial charge in [-0.25, -0.2) is 0 Å². The summed E-state index contributed by atoms with van der Waals surface area (Å²) in [5.41, 5.74) is 2.36. The molecule has 0 N–H and O–H groups in total. The minimum atomic E-state index is -0.518. The Morgan fingerprint density at radius 2 is 1.57 bits per heavy atom. The molecule has 0 radical (unpaired) electrons. The molecule has 28 heavy (non-hydrogen) atoms. The Balaban J connectivity index is 1.79. The number of thiophene rings is 1. The van der Waals surface area contributed by atoms with Crippen molar-refractivity contribution in [3.8, 4) is 0 Å². The Morgan fingerprint density at radius 1 is 0.893 bits per heavy atom. The number of allylic oxidation sites excluding steroid dienone is 1. The fourth-order valence-corrected chi connectivity index (χ4v) is 7.80. The Bertz CT molecular complexity index is 911. The van der Waals surface area contributed by atoms with Gasteiger partial charge in [0.25, 0.3) is 0 Å². The van der Waals surface area contributed by atoms with Crippen molar-refractivity contribution in [3.05, 3.63) is 100 Å². The summed E-state index contributed by atoms with van der Waals surface area (Å²) in [7, 11) is 0. The first-order chi connectivity index (χ1) is 13.8. The molecular formula is C24H22OS3. The van der Waals surface area contributed by atoms with Crippen LogP contribution < -0.4 is 0 Å². The molecule has 2 aromatic carbocycles. The highest BCUT2D eigenvalue weighted by Gasteiger charge is 2.48. The van der Waals surface area contributed by atoms with Crippen LogP contribution in [0.25, 0.3) is 6.08 Å². The van der Waals surface area contributed by atoms with Crippen molar-refractivity contribution in [1.82, 2.24) is 0 Å². The quantitative estimate of drug-likeness (QED) is 0.398. The summed E-state index contributed by atoms with van der Waals surface area (Å²) >= 11 is 5.20. The maximum absolute atomic E-state index is 13.7. The summed E-state index contributed by atoms with van der Waals surface area (Å²) in [5.74, 6) is 2.31. The van der Waals surface area contributed by atoms with Crippen molar-refractivity contribution in [2.45, 2.75) is 16.4 Å². The van der Waals surface area contributed by atoms with Crippen LogP contribution >= 0.6 is 34.9 Å². The molecule has 4 heteroatoms. The van der Waals surface area contributed by atoms with Gasteiger partial charge in [0.2, 0.25) is 0 Å². The van der Waals surface area contributed by atoms with Gasteiger partial charge in [0.05, 0.1) is 4.88 Å². The Hall–Kier alpha value is -1.75. The smallest absolute Gasteiger partial charge is 0.199 e. The molecule has 1 fully saturated rings. The normalized spacial score (nSPS) is 17.4. The van der Waals surface area contributed by atoms with Gasteiger partial charge in [-0.2, -0.15) is 0 Å². The standard InChI is InChI=1S/C24H22OS3/c25-23(22-13-7-16-26-22)24(27-17-8-18-28-24)21(20-11-5-2-6-12-20)15-14-19-9-3-1-4-10-19/h1-7,9-16,21H,8,17-18H2/b15-14+/t21-/m0/s1. The molecule has 1 atom stereocenters. The van der Waals surface area contributed by atoms with E-state index < -0.39 is 4.08 Å². The van der Waals surface area contributed by atoms with Crippen LogP contribution in [-0.2, 0) is 0 Å². The number of benzene rings is 2. The topological polar surface area (TPSA) is 17.1 Å². The minimum absolute atomic E-state index is 0.0128. The molecule has 142 valence electrons. The molecular weight excluding hydrogens is 400 g/mol. The first-order valence-electron chi connectivity index (χ1n) is 9.44. The number of carbonyl (C=O) groups excluding carboxylic acids is 1. The van der Waals surface area contributed by atoms with Crippen LogP contribution in [0.2, 0.25) is 0 Å². The molecule has 0 saturated carbocycles. The van der Waals surface area contributed by atoms with Crippen molar-refractivity contribution < 1.29 is 4.79 Å². The Labute approximate surface area is 179 Å². The molecule has 1 saturated heterocycles. The van der Waals surface area contributed by atoms with E-state index in [0.29, 0.717) is 0 Å². The van der Waals surface area contributed by atoms with Gasteiger partial charge < -0.3 is 0 Å². The monoisotopic (exact) mass is 422 g/mol. The maximum Gasteiger partial charge on any atom is 0.199 e. The lowest BCUT2D eigenvalue weighted by atomic mass is 9.91. The van der Waals surface area contributed by atoms with E-state index in [1.807, 2.05) is 65.3 Å². The van der Waals surface area contributed by atoms with Gasteiger partial charge in [-0.3, -0.25) is 4.79 Å². The summed E-state index contributed by atoms with van der Waals surface area (Å²) < 4.78 is -0.518. The molecule has 3 aromatic rings. The van der Waals surface area contributed by atoms with Gasteiger partial charge in [-0.1, -0.05) is 78.9 Å². The van der Waals surface area contributed by atoms with Crippen molar-refractivity contribution in [2.24, 2.45) is 0 Å². The molecule has 1 aliphatic heterocycles. The van der Waals surface area contributed by atoms with E-state index in [4.69, 9.17) is 0 Å². The molecule has 2 heterocycles. The van der Waals surface area contributed by atoms with Gasteiger partial charge in [-0.15, -0.1) is 34.9 Å². The van der Waals surface area contributed by atoms with Gasteiger partial charge in [0.15, 0.2) is 5.78 Å². The van der Waals surface area contributed by atoms with Crippen molar-refractivity contribution in [3.63, 3.8) is 0 Å². The molecule has 0 bridgehead atoms. The summed E-state index contributed by atoms with van der Waals surface area (Å²) in [5, 5.41) is 2.00. The van der Waals surface area contributed by atoms with Crippen LogP contribution in [0.4, 0.5) is 0 Å². The molecule has 1 nitrogen and oxygen atoms in total. The predicted octanol–water partition coefficient (Wildman–Crippen LogP) is 6.99. The minimum Gasteiger partial charge on any atom is -0.291 e. The van der Waals surface area contributed by atoms with Crippen molar-refractivity contribution in [2.75, 3.05) is 11.5 Å². The van der Waals surface area contributed by atoms with Crippen LogP contribution in [-0.4, -0.2) is 21.4 Å². The van der Waals surface area contributed by atoms with E-state index in [1.54, 1.807) is 11.3 Å². The summed E-state index contributed by atoms with van der Waals surface area (Å²) in [6, 6.07) is 24.8. The highest BCUT2D eigenvalue weighted by atomic mass is 32.2. The third kappa shape index (κ3) is 4.14.